The Morgan fingerprint density at radius 3 is 2.63 bits per heavy atom. The molecule has 1 aliphatic rings. The van der Waals surface area contributed by atoms with Crippen molar-refractivity contribution in [3.63, 3.8) is 0 Å². The van der Waals surface area contributed by atoms with Gasteiger partial charge in [0.1, 0.15) is 23.6 Å². The van der Waals surface area contributed by atoms with E-state index < -0.39 is 21.5 Å². The van der Waals surface area contributed by atoms with Crippen LogP contribution in [-0.4, -0.2) is 39.8 Å². The van der Waals surface area contributed by atoms with Crippen molar-refractivity contribution >= 4 is 21.6 Å². The maximum Gasteiger partial charge on any atom is 0.241 e. The van der Waals surface area contributed by atoms with Gasteiger partial charge in [-0.1, -0.05) is 29.8 Å². The van der Waals surface area contributed by atoms with Gasteiger partial charge in [0.05, 0.1) is 25.1 Å². The lowest BCUT2D eigenvalue weighted by Gasteiger charge is -2.38. The fourth-order valence-electron chi connectivity index (χ4n) is 3.69. The number of carbonyl (C=O) groups is 1. The second kappa shape index (κ2) is 8.18. The van der Waals surface area contributed by atoms with Gasteiger partial charge in [0.15, 0.2) is 0 Å². The van der Waals surface area contributed by atoms with Crippen LogP contribution in [0.4, 0.5) is 5.69 Å². The third kappa shape index (κ3) is 4.87. The van der Waals surface area contributed by atoms with Gasteiger partial charge in [0.25, 0.3) is 0 Å². The number of fused-ring (bicyclic) bond motifs is 1. The van der Waals surface area contributed by atoms with Crippen molar-refractivity contribution < 1.29 is 22.7 Å². The predicted molar refractivity (Wildman–Crippen MR) is 117 cm³/mol. The minimum atomic E-state index is -3.71. The van der Waals surface area contributed by atoms with E-state index >= 15 is 0 Å². The van der Waals surface area contributed by atoms with Crippen molar-refractivity contribution in [2.45, 2.75) is 38.8 Å². The Kier molecular flexibility index (Phi) is 5.99. The number of carbonyl (C=O) groups excluding carboxylic acids is 1. The number of benzene rings is 2. The molecule has 3 rings (SSSR count). The third-order valence-electron chi connectivity index (χ3n) is 5.00. The molecular formula is C22H28N2O5S. The fraction of sp³-hybridized carbons (Fsp3) is 0.409. The average Bonchev–Trinajstić information content (AvgIpc) is 2.65. The van der Waals surface area contributed by atoms with Gasteiger partial charge in [-0.3, -0.25) is 9.10 Å². The Balaban J connectivity index is 1.87. The van der Waals surface area contributed by atoms with E-state index in [0.717, 1.165) is 27.4 Å². The Morgan fingerprint density at radius 2 is 1.97 bits per heavy atom. The van der Waals surface area contributed by atoms with Crippen LogP contribution < -0.4 is 19.1 Å². The number of aryl methyl sites for hydroxylation is 1. The van der Waals surface area contributed by atoms with Crippen LogP contribution in [0.1, 0.15) is 37.4 Å². The number of methoxy groups -OCH3 is 1. The van der Waals surface area contributed by atoms with Crippen LogP contribution in [0, 0.1) is 6.92 Å². The third-order valence-corrected chi connectivity index (χ3v) is 6.13. The van der Waals surface area contributed by atoms with Gasteiger partial charge in [-0.2, -0.15) is 0 Å². The minimum absolute atomic E-state index is 0.282. The largest absolute Gasteiger partial charge is 0.495 e. The molecule has 30 heavy (non-hydrogen) atoms. The molecule has 0 saturated heterocycles. The van der Waals surface area contributed by atoms with Crippen molar-refractivity contribution in [1.82, 2.24) is 5.32 Å². The fourth-order valence-corrected chi connectivity index (χ4v) is 4.55. The normalized spacial score (nSPS) is 17.4. The second-order valence-electron chi connectivity index (χ2n) is 8.17. The lowest BCUT2D eigenvalue weighted by molar-refractivity contribution is -0.120. The van der Waals surface area contributed by atoms with Gasteiger partial charge >= 0.3 is 0 Å². The molecule has 0 saturated carbocycles. The summed E-state index contributed by atoms with van der Waals surface area (Å²) in [5.74, 6) is 0.706. The van der Waals surface area contributed by atoms with Crippen molar-refractivity contribution in [3.05, 3.63) is 53.6 Å². The van der Waals surface area contributed by atoms with Gasteiger partial charge in [0, 0.05) is 12.0 Å². The number of amides is 1. The summed E-state index contributed by atoms with van der Waals surface area (Å²) in [5, 5.41) is 3.00. The smallest absolute Gasteiger partial charge is 0.241 e. The van der Waals surface area contributed by atoms with Crippen LogP contribution in [0.3, 0.4) is 0 Å². The number of anilines is 1. The summed E-state index contributed by atoms with van der Waals surface area (Å²) in [4.78, 5) is 12.9. The molecule has 1 N–H and O–H groups in total. The van der Waals surface area contributed by atoms with E-state index in [1.807, 2.05) is 39.0 Å². The van der Waals surface area contributed by atoms with Crippen LogP contribution in [0.5, 0.6) is 11.5 Å². The van der Waals surface area contributed by atoms with Gasteiger partial charge in [-0.25, -0.2) is 8.42 Å². The zero-order chi connectivity index (χ0) is 22.1. The molecule has 162 valence electrons. The lowest BCUT2D eigenvalue weighted by Crippen LogP contribution is -2.45. The highest BCUT2D eigenvalue weighted by molar-refractivity contribution is 7.92. The number of rotatable bonds is 6. The summed E-state index contributed by atoms with van der Waals surface area (Å²) in [5.41, 5.74) is 1.81. The topological polar surface area (TPSA) is 84.9 Å². The molecular weight excluding hydrogens is 404 g/mol. The van der Waals surface area contributed by atoms with Gasteiger partial charge in [-0.05, 0) is 39.0 Å². The van der Waals surface area contributed by atoms with Crippen molar-refractivity contribution in [2.75, 3.05) is 24.2 Å². The molecule has 1 amide bonds. The molecule has 1 heterocycles. The van der Waals surface area contributed by atoms with E-state index in [1.54, 1.807) is 24.3 Å². The van der Waals surface area contributed by atoms with E-state index in [0.29, 0.717) is 17.9 Å². The standard InChI is InChI=1S/C22H28N2O5S/c1-15-10-11-19-16(12-15)17(13-22(2,3)29-19)23-21(25)14-24(30(5,26)27)18-8-6-7-9-20(18)28-4/h6-12,17H,13-14H2,1-5H3,(H,23,25). The number of nitrogens with zero attached hydrogens (tertiary/aromatic N) is 1. The van der Waals surface area contributed by atoms with Crippen molar-refractivity contribution in [3.8, 4) is 11.5 Å². The molecule has 0 aliphatic carbocycles. The number of nitrogens with one attached hydrogen (secondary N) is 1. The summed E-state index contributed by atoms with van der Waals surface area (Å²) in [7, 11) is -2.25. The maximum absolute atomic E-state index is 12.9. The molecule has 0 aromatic heterocycles. The zero-order valence-corrected chi connectivity index (χ0v) is 18.7. The quantitative estimate of drug-likeness (QED) is 0.758. The van der Waals surface area contributed by atoms with Gasteiger partial charge in [-0.15, -0.1) is 0 Å². The van der Waals surface area contributed by atoms with Crippen molar-refractivity contribution in [2.24, 2.45) is 0 Å². The monoisotopic (exact) mass is 432 g/mol. The van der Waals surface area contributed by atoms with Crippen LogP contribution in [0.25, 0.3) is 0 Å². The SMILES string of the molecule is COc1ccccc1N(CC(=O)NC1CC(C)(C)Oc2ccc(C)cc21)S(C)(=O)=O. The average molecular weight is 433 g/mol. The molecule has 1 unspecified atom stereocenters. The van der Waals surface area contributed by atoms with Gasteiger partial charge < -0.3 is 14.8 Å². The summed E-state index contributed by atoms with van der Waals surface area (Å²) < 4.78 is 37.3. The first-order chi connectivity index (χ1) is 14.0. The molecule has 1 atom stereocenters. The summed E-state index contributed by atoms with van der Waals surface area (Å²) in [6.07, 6.45) is 1.64. The lowest BCUT2D eigenvalue weighted by atomic mass is 9.89. The van der Waals surface area contributed by atoms with Crippen LogP contribution in [0.15, 0.2) is 42.5 Å². The first kappa shape index (κ1) is 22.0. The Bertz CT molecular complexity index is 1050. The molecule has 7 nitrogen and oxygen atoms in total. The molecule has 0 spiro atoms. The molecule has 8 heteroatoms. The Morgan fingerprint density at radius 1 is 1.27 bits per heavy atom. The Labute approximate surface area is 178 Å². The number of ether oxygens (including phenoxy) is 2. The van der Waals surface area contributed by atoms with E-state index in [1.165, 1.54) is 7.11 Å². The molecule has 2 aromatic rings. The first-order valence-electron chi connectivity index (χ1n) is 9.70. The molecule has 0 fully saturated rings. The van der Waals surface area contributed by atoms with Crippen LogP contribution >= 0.6 is 0 Å². The predicted octanol–water partition coefficient (Wildman–Crippen LogP) is 3.19. The highest BCUT2D eigenvalue weighted by atomic mass is 32.2. The number of hydrogen-bond donors (Lipinski definition) is 1. The van der Waals surface area contributed by atoms with Crippen molar-refractivity contribution in [1.29, 1.82) is 0 Å². The van der Waals surface area contributed by atoms with E-state index in [4.69, 9.17) is 9.47 Å². The molecule has 0 bridgehead atoms. The van der Waals surface area contributed by atoms with Crippen LogP contribution in [0.2, 0.25) is 0 Å². The summed E-state index contributed by atoms with van der Waals surface area (Å²) in [6.45, 7) is 5.56. The zero-order valence-electron chi connectivity index (χ0n) is 17.9. The van der Waals surface area contributed by atoms with E-state index in [2.05, 4.69) is 5.32 Å². The number of hydrogen-bond acceptors (Lipinski definition) is 5. The maximum atomic E-state index is 12.9. The molecule has 2 aromatic carbocycles. The first-order valence-corrected chi connectivity index (χ1v) is 11.5. The molecule has 0 radical (unpaired) electrons. The summed E-state index contributed by atoms with van der Waals surface area (Å²) in [6, 6.07) is 12.3. The second-order valence-corrected chi connectivity index (χ2v) is 10.1. The number of para-hydroxylation sites is 2. The molecule has 1 aliphatic heterocycles. The highest BCUT2D eigenvalue weighted by Gasteiger charge is 2.35. The van der Waals surface area contributed by atoms with E-state index in [-0.39, 0.29) is 12.6 Å². The Hall–Kier alpha value is -2.74. The summed E-state index contributed by atoms with van der Waals surface area (Å²) >= 11 is 0. The highest BCUT2D eigenvalue weighted by Crippen LogP contribution is 2.40. The number of sulfonamides is 1. The van der Waals surface area contributed by atoms with Gasteiger partial charge in [0.2, 0.25) is 15.9 Å². The van der Waals surface area contributed by atoms with Crippen LogP contribution in [-0.2, 0) is 14.8 Å². The van der Waals surface area contributed by atoms with E-state index in [9.17, 15) is 13.2 Å². The minimum Gasteiger partial charge on any atom is -0.495 e.